The van der Waals surface area contributed by atoms with Crippen molar-refractivity contribution in [3.63, 3.8) is 0 Å². The number of carbonyl (C=O) groups excluding carboxylic acids is 1. The maximum atomic E-state index is 12.6. The number of ether oxygens (including phenoxy) is 2. The zero-order chi connectivity index (χ0) is 21.8. The molecule has 2 aromatic carbocycles. The molecule has 1 amide bonds. The number of aromatic hydroxyl groups is 1. The molecule has 0 bridgehead atoms. The molecule has 3 aromatic rings. The predicted octanol–water partition coefficient (Wildman–Crippen LogP) is 5.64. The maximum Gasteiger partial charge on any atom is 0.295 e. The summed E-state index contributed by atoms with van der Waals surface area (Å²) < 4.78 is 12.3. The Kier molecular flexibility index (Phi) is 6.40. The van der Waals surface area contributed by atoms with Crippen LogP contribution in [0.4, 0.5) is 5.69 Å². The highest BCUT2D eigenvalue weighted by Crippen LogP contribution is 2.40. The number of azo groups is 1. The average molecular weight is 409 g/mol. The summed E-state index contributed by atoms with van der Waals surface area (Å²) in [6.07, 6.45) is 0.909. The second-order valence-corrected chi connectivity index (χ2v) is 7.60. The number of methoxy groups -OCH3 is 2. The first-order chi connectivity index (χ1) is 14.3. The summed E-state index contributed by atoms with van der Waals surface area (Å²) in [7, 11) is 3.03. The molecule has 158 valence electrons. The van der Waals surface area contributed by atoms with E-state index in [0.717, 1.165) is 22.9 Å². The Morgan fingerprint density at radius 2 is 1.83 bits per heavy atom. The number of hydrogen-bond acceptors (Lipinski definition) is 5. The van der Waals surface area contributed by atoms with Crippen molar-refractivity contribution in [1.29, 1.82) is 0 Å². The highest BCUT2D eigenvalue weighted by Gasteiger charge is 2.18. The van der Waals surface area contributed by atoms with E-state index in [2.05, 4.69) is 24.1 Å². The molecule has 0 spiro atoms. The van der Waals surface area contributed by atoms with Gasteiger partial charge in [0.1, 0.15) is 0 Å². The number of nitrogens with zero attached hydrogens (tertiary/aromatic N) is 3. The third kappa shape index (κ3) is 4.30. The minimum atomic E-state index is -0.536. The van der Waals surface area contributed by atoms with Crippen LogP contribution in [0.3, 0.4) is 0 Å². The van der Waals surface area contributed by atoms with Crippen LogP contribution in [0.25, 0.3) is 10.9 Å². The smallest absolute Gasteiger partial charge is 0.295 e. The minimum Gasteiger partial charge on any atom is -0.493 e. The van der Waals surface area contributed by atoms with E-state index in [0.29, 0.717) is 35.2 Å². The van der Waals surface area contributed by atoms with Gasteiger partial charge in [-0.3, -0.25) is 4.79 Å². The monoisotopic (exact) mass is 409 g/mol. The summed E-state index contributed by atoms with van der Waals surface area (Å²) in [5.74, 6) is 0.921. The fourth-order valence-electron chi connectivity index (χ4n) is 3.27. The standard InChI is InChI=1S/C23H27N3O4/c1-14(2)10-11-26-18-8-6-15(3)12-17(18)21(23(26)28)24-25-22(27)16-7-9-19(29-4)20(13-16)30-5/h6-9,12-14,28H,10-11H2,1-5H3. The fourth-order valence-corrected chi connectivity index (χ4v) is 3.27. The van der Waals surface area contributed by atoms with Gasteiger partial charge in [0.15, 0.2) is 17.2 Å². The van der Waals surface area contributed by atoms with Gasteiger partial charge in [0.05, 0.1) is 19.7 Å². The highest BCUT2D eigenvalue weighted by molar-refractivity contribution is 5.98. The van der Waals surface area contributed by atoms with E-state index >= 15 is 0 Å². The molecule has 0 radical (unpaired) electrons. The number of benzene rings is 2. The van der Waals surface area contributed by atoms with Gasteiger partial charge >= 0.3 is 0 Å². The molecule has 7 heteroatoms. The molecule has 1 aromatic heterocycles. The van der Waals surface area contributed by atoms with Gasteiger partial charge < -0.3 is 19.1 Å². The summed E-state index contributed by atoms with van der Waals surface area (Å²) in [5.41, 5.74) is 2.51. The molecule has 0 saturated heterocycles. The van der Waals surface area contributed by atoms with Gasteiger partial charge in [-0.25, -0.2) is 0 Å². The predicted molar refractivity (Wildman–Crippen MR) is 116 cm³/mol. The van der Waals surface area contributed by atoms with Crippen molar-refractivity contribution in [1.82, 2.24) is 4.57 Å². The summed E-state index contributed by atoms with van der Waals surface area (Å²) in [5, 5.41) is 19.6. The molecule has 7 nitrogen and oxygen atoms in total. The number of aryl methyl sites for hydroxylation is 2. The van der Waals surface area contributed by atoms with Crippen LogP contribution in [-0.4, -0.2) is 29.8 Å². The van der Waals surface area contributed by atoms with E-state index < -0.39 is 5.91 Å². The minimum absolute atomic E-state index is 0.0140. The molecule has 0 atom stereocenters. The number of fused-ring (bicyclic) bond motifs is 1. The van der Waals surface area contributed by atoms with Crippen molar-refractivity contribution in [3.05, 3.63) is 47.5 Å². The quantitative estimate of drug-likeness (QED) is 0.512. The zero-order valence-electron chi connectivity index (χ0n) is 18.0. The molecular formula is C23H27N3O4. The Hall–Kier alpha value is -3.35. The van der Waals surface area contributed by atoms with E-state index in [1.807, 2.05) is 29.7 Å². The highest BCUT2D eigenvalue weighted by atomic mass is 16.5. The van der Waals surface area contributed by atoms with Crippen molar-refractivity contribution in [2.45, 2.75) is 33.7 Å². The van der Waals surface area contributed by atoms with Crippen LogP contribution in [0.2, 0.25) is 0 Å². The lowest BCUT2D eigenvalue weighted by Crippen LogP contribution is -2.00. The first-order valence-electron chi connectivity index (χ1n) is 9.85. The van der Waals surface area contributed by atoms with Crippen LogP contribution in [0, 0.1) is 12.8 Å². The lowest BCUT2D eigenvalue weighted by molar-refractivity contribution is 0.0994. The molecular weight excluding hydrogens is 382 g/mol. The molecule has 0 fully saturated rings. The van der Waals surface area contributed by atoms with Gasteiger partial charge in [-0.15, -0.1) is 10.2 Å². The summed E-state index contributed by atoms with van der Waals surface area (Å²) in [6, 6.07) is 10.7. The number of aromatic nitrogens is 1. The van der Waals surface area contributed by atoms with Crippen molar-refractivity contribution in [3.8, 4) is 17.4 Å². The van der Waals surface area contributed by atoms with E-state index in [-0.39, 0.29) is 5.88 Å². The van der Waals surface area contributed by atoms with E-state index in [1.165, 1.54) is 14.2 Å². The number of rotatable bonds is 7. The Bertz CT molecular complexity index is 1100. The van der Waals surface area contributed by atoms with Gasteiger partial charge in [-0.2, -0.15) is 0 Å². The van der Waals surface area contributed by atoms with Crippen LogP contribution < -0.4 is 9.47 Å². The Morgan fingerprint density at radius 3 is 2.50 bits per heavy atom. The maximum absolute atomic E-state index is 12.6. The Balaban J connectivity index is 1.98. The first kappa shape index (κ1) is 21.4. The molecule has 3 rings (SSSR count). The second kappa shape index (κ2) is 8.98. The molecule has 1 N–H and O–H groups in total. The van der Waals surface area contributed by atoms with E-state index in [1.54, 1.807) is 18.2 Å². The van der Waals surface area contributed by atoms with Crippen molar-refractivity contribution < 1.29 is 19.4 Å². The molecule has 0 unspecified atom stereocenters. The van der Waals surface area contributed by atoms with Crippen molar-refractivity contribution in [2.24, 2.45) is 16.1 Å². The van der Waals surface area contributed by atoms with Gasteiger partial charge in [0.2, 0.25) is 5.88 Å². The fraction of sp³-hybridized carbons (Fsp3) is 0.348. The molecule has 0 aliphatic carbocycles. The molecule has 1 heterocycles. The van der Waals surface area contributed by atoms with E-state index in [4.69, 9.17) is 9.47 Å². The third-order valence-corrected chi connectivity index (χ3v) is 4.97. The number of hydrogen-bond donors (Lipinski definition) is 1. The lowest BCUT2D eigenvalue weighted by Gasteiger charge is -2.09. The topological polar surface area (TPSA) is 85.4 Å². The van der Waals surface area contributed by atoms with Gasteiger partial charge in [0, 0.05) is 17.5 Å². The summed E-state index contributed by atoms with van der Waals surface area (Å²) >= 11 is 0. The van der Waals surface area contributed by atoms with Gasteiger partial charge in [-0.1, -0.05) is 25.5 Å². The average Bonchev–Trinajstić information content (AvgIpc) is 2.99. The SMILES string of the molecule is COc1ccc(C(=O)N=Nc2c(O)n(CCC(C)C)c3ccc(C)cc23)cc1OC. The van der Waals surface area contributed by atoms with Crippen LogP contribution in [0.1, 0.15) is 36.2 Å². The van der Waals surface area contributed by atoms with Gasteiger partial charge in [0.25, 0.3) is 5.91 Å². The van der Waals surface area contributed by atoms with Crippen molar-refractivity contribution >= 4 is 22.5 Å². The normalized spacial score (nSPS) is 11.5. The largest absolute Gasteiger partial charge is 0.493 e. The van der Waals surface area contributed by atoms with Crippen LogP contribution in [-0.2, 0) is 6.54 Å². The lowest BCUT2D eigenvalue weighted by atomic mass is 10.1. The van der Waals surface area contributed by atoms with E-state index in [9.17, 15) is 9.90 Å². The molecule has 0 aliphatic rings. The Morgan fingerprint density at radius 1 is 1.10 bits per heavy atom. The summed E-state index contributed by atoms with van der Waals surface area (Å²) in [4.78, 5) is 12.6. The first-order valence-corrected chi connectivity index (χ1v) is 9.85. The number of amides is 1. The molecule has 30 heavy (non-hydrogen) atoms. The Labute approximate surface area is 176 Å². The van der Waals surface area contributed by atoms with Crippen LogP contribution in [0.5, 0.6) is 17.4 Å². The van der Waals surface area contributed by atoms with Crippen LogP contribution >= 0.6 is 0 Å². The van der Waals surface area contributed by atoms with Crippen molar-refractivity contribution in [2.75, 3.05) is 14.2 Å². The number of carbonyl (C=O) groups is 1. The zero-order valence-corrected chi connectivity index (χ0v) is 18.0. The molecule has 0 aliphatic heterocycles. The molecule has 0 saturated carbocycles. The third-order valence-electron chi connectivity index (χ3n) is 4.97. The second-order valence-electron chi connectivity index (χ2n) is 7.60. The summed E-state index contributed by atoms with van der Waals surface area (Å²) in [6.45, 7) is 6.89. The van der Waals surface area contributed by atoms with Crippen LogP contribution in [0.15, 0.2) is 46.6 Å². The van der Waals surface area contributed by atoms with Gasteiger partial charge in [-0.05, 0) is 49.6 Å².